The number of benzene rings is 2. The van der Waals surface area contributed by atoms with Gasteiger partial charge in [0.25, 0.3) is 5.91 Å². The number of carbonyl (C=O) groups excluding carboxylic acids is 3. The minimum atomic E-state index is -0.558. The van der Waals surface area contributed by atoms with Gasteiger partial charge in [-0.3, -0.25) is 9.59 Å². The normalized spacial score (nSPS) is 12.9. The first kappa shape index (κ1) is 24.2. The van der Waals surface area contributed by atoms with Crippen LogP contribution >= 0.6 is 11.8 Å². The Bertz CT molecular complexity index is 972. The van der Waals surface area contributed by atoms with Crippen LogP contribution in [0.15, 0.2) is 48.5 Å². The molecule has 10 heteroatoms. The first-order chi connectivity index (χ1) is 16.0. The van der Waals surface area contributed by atoms with Crippen LogP contribution in [0, 0.1) is 0 Å². The third-order valence-electron chi connectivity index (χ3n) is 4.87. The second-order valence-corrected chi connectivity index (χ2v) is 8.13. The third kappa shape index (κ3) is 6.79. The molecule has 1 saturated heterocycles. The van der Waals surface area contributed by atoms with Crippen LogP contribution in [-0.2, 0) is 20.9 Å². The summed E-state index contributed by atoms with van der Waals surface area (Å²) in [6, 6.07) is 14.4. The zero-order chi connectivity index (χ0) is 23.6. The van der Waals surface area contributed by atoms with Gasteiger partial charge in [-0.15, -0.1) is 11.8 Å². The summed E-state index contributed by atoms with van der Waals surface area (Å²) in [4.78, 5) is 37.4. The van der Waals surface area contributed by atoms with E-state index in [1.54, 1.807) is 18.2 Å². The predicted molar refractivity (Wildman–Crippen MR) is 125 cm³/mol. The van der Waals surface area contributed by atoms with Crippen LogP contribution in [-0.4, -0.2) is 66.7 Å². The largest absolute Gasteiger partial charge is 0.497 e. The van der Waals surface area contributed by atoms with Crippen LogP contribution in [0.4, 0.5) is 10.5 Å². The van der Waals surface area contributed by atoms with Crippen LogP contribution in [0.25, 0.3) is 0 Å². The second kappa shape index (κ2) is 12.0. The van der Waals surface area contributed by atoms with Gasteiger partial charge in [0.2, 0.25) is 5.91 Å². The van der Waals surface area contributed by atoms with Crippen molar-refractivity contribution >= 4 is 35.4 Å². The van der Waals surface area contributed by atoms with Crippen LogP contribution in [0.3, 0.4) is 0 Å². The molecule has 1 heterocycles. The fraction of sp³-hybridized carbons (Fsp3) is 0.348. The van der Waals surface area contributed by atoms with Crippen LogP contribution in [0.2, 0.25) is 0 Å². The maximum Gasteiger partial charge on any atom is 0.429 e. The van der Waals surface area contributed by atoms with Crippen molar-refractivity contribution < 1.29 is 28.6 Å². The molecule has 33 heavy (non-hydrogen) atoms. The third-order valence-corrected chi connectivity index (χ3v) is 5.79. The van der Waals surface area contributed by atoms with Crippen molar-refractivity contribution in [2.24, 2.45) is 0 Å². The van der Waals surface area contributed by atoms with E-state index >= 15 is 0 Å². The fourth-order valence-corrected chi connectivity index (χ4v) is 3.94. The Balaban J connectivity index is 1.46. The lowest BCUT2D eigenvalue weighted by Gasteiger charge is -2.27. The van der Waals surface area contributed by atoms with Gasteiger partial charge in [0.05, 0.1) is 31.4 Å². The number of hydrogen-bond acceptors (Lipinski definition) is 7. The molecule has 1 aliphatic rings. The molecular formula is C23H27N3O6S. The van der Waals surface area contributed by atoms with Gasteiger partial charge in [-0.2, -0.15) is 0 Å². The highest BCUT2D eigenvalue weighted by Gasteiger charge is 2.31. The van der Waals surface area contributed by atoms with E-state index in [2.05, 4.69) is 5.32 Å². The number of thioether (sulfide) groups is 1. The zero-order valence-corrected chi connectivity index (χ0v) is 19.4. The van der Waals surface area contributed by atoms with Gasteiger partial charge >= 0.3 is 6.09 Å². The molecule has 3 rings (SSSR count). The average molecular weight is 474 g/mol. The summed E-state index contributed by atoms with van der Waals surface area (Å²) in [6.07, 6.45) is 0.116. The van der Waals surface area contributed by atoms with E-state index in [0.717, 1.165) is 5.56 Å². The van der Waals surface area contributed by atoms with Crippen LogP contribution in [0.1, 0.15) is 12.0 Å². The highest BCUT2D eigenvalue weighted by atomic mass is 32.2. The maximum atomic E-state index is 12.6. The van der Waals surface area contributed by atoms with E-state index in [-0.39, 0.29) is 29.9 Å². The van der Waals surface area contributed by atoms with Gasteiger partial charge in [-0.05, 0) is 24.1 Å². The lowest BCUT2D eigenvalue weighted by atomic mass is 10.2. The van der Waals surface area contributed by atoms with Crippen molar-refractivity contribution in [1.29, 1.82) is 0 Å². The van der Waals surface area contributed by atoms with Crippen molar-refractivity contribution in [3.8, 4) is 11.5 Å². The molecule has 3 amide bonds. The molecular weight excluding hydrogens is 446 g/mol. The van der Waals surface area contributed by atoms with Crippen molar-refractivity contribution in [2.75, 3.05) is 44.1 Å². The Morgan fingerprint density at radius 3 is 2.45 bits per heavy atom. The Hall–Kier alpha value is -3.40. The molecule has 1 aliphatic heterocycles. The second-order valence-electron chi connectivity index (χ2n) is 7.14. The molecule has 2 aromatic carbocycles. The molecule has 0 saturated carbocycles. The summed E-state index contributed by atoms with van der Waals surface area (Å²) < 4.78 is 15.8. The highest BCUT2D eigenvalue weighted by molar-refractivity contribution is 8.00. The molecule has 0 spiro atoms. The standard InChI is InChI=1S/C23H27N3O6S/c1-30-18-9-10-20(31-2)19(13-18)24-21(27)15-33-16-22(28)25-11-6-12-26(25)23(29)32-14-17-7-4-3-5-8-17/h3-5,7-10,13H,6,11-12,14-16H2,1-2H3,(H,24,27). The van der Waals surface area contributed by atoms with Crippen LogP contribution < -0.4 is 14.8 Å². The number of hydrazine groups is 1. The molecule has 1 N–H and O–H groups in total. The first-order valence-corrected chi connectivity index (χ1v) is 11.6. The van der Waals surface area contributed by atoms with Gasteiger partial charge in [-0.25, -0.2) is 14.8 Å². The summed E-state index contributed by atoms with van der Waals surface area (Å²) >= 11 is 1.17. The van der Waals surface area contributed by atoms with Gasteiger partial charge in [0.1, 0.15) is 18.1 Å². The first-order valence-electron chi connectivity index (χ1n) is 10.4. The van der Waals surface area contributed by atoms with Crippen molar-refractivity contribution in [3.63, 3.8) is 0 Å². The van der Waals surface area contributed by atoms with Crippen LogP contribution in [0.5, 0.6) is 11.5 Å². The molecule has 0 aliphatic carbocycles. The molecule has 1 fully saturated rings. The zero-order valence-electron chi connectivity index (χ0n) is 18.6. The number of ether oxygens (including phenoxy) is 3. The number of amides is 3. The number of nitrogens with zero attached hydrogens (tertiary/aromatic N) is 2. The van der Waals surface area contributed by atoms with E-state index in [4.69, 9.17) is 14.2 Å². The predicted octanol–water partition coefficient (Wildman–Crippen LogP) is 3.16. The van der Waals surface area contributed by atoms with Crippen molar-refractivity contribution in [1.82, 2.24) is 10.0 Å². The summed E-state index contributed by atoms with van der Waals surface area (Å²) in [7, 11) is 3.05. The number of nitrogens with one attached hydrogen (secondary N) is 1. The van der Waals surface area contributed by atoms with E-state index < -0.39 is 6.09 Å². The quantitative estimate of drug-likeness (QED) is 0.597. The Kier molecular flexibility index (Phi) is 8.82. The van der Waals surface area contributed by atoms with E-state index in [9.17, 15) is 14.4 Å². The molecule has 0 bridgehead atoms. The Morgan fingerprint density at radius 1 is 0.970 bits per heavy atom. The summed E-state index contributed by atoms with van der Waals surface area (Å²) in [5, 5.41) is 5.48. The van der Waals surface area contributed by atoms with Gasteiger partial charge < -0.3 is 19.5 Å². The Morgan fingerprint density at radius 2 is 1.73 bits per heavy atom. The highest BCUT2D eigenvalue weighted by Crippen LogP contribution is 2.29. The molecule has 0 unspecified atom stereocenters. The van der Waals surface area contributed by atoms with Gasteiger partial charge in [-0.1, -0.05) is 30.3 Å². The smallest absolute Gasteiger partial charge is 0.429 e. The number of hydrogen-bond donors (Lipinski definition) is 1. The number of anilines is 1. The lowest BCUT2D eigenvalue weighted by Crippen LogP contribution is -2.45. The average Bonchev–Trinajstić information content (AvgIpc) is 3.33. The molecule has 0 atom stereocenters. The topological polar surface area (TPSA) is 97.4 Å². The summed E-state index contributed by atoms with van der Waals surface area (Å²) in [6.45, 7) is 0.994. The summed E-state index contributed by atoms with van der Waals surface area (Å²) in [5.74, 6) is 0.693. The number of rotatable bonds is 9. The minimum Gasteiger partial charge on any atom is -0.497 e. The van der Waals surface area contributed by atoms with E-state index in [1.165, 1.54) is 36.0 Å². The van der Waals surface area contributed by atoms with E-state index in [1.807, 2.05) is 30.3 Å². The van der Waals surface area contributed by atoms with Gasteiger partial charge in [0, 0.05) is 19.2 Å². The molecule has 0 aromatic heterocycles. The van der Waals surface area contributed by atoms with Crippen molar-refractivity contribution in [3.05, 3.63) is 54.1 Å². The number of methoxy groups -OCH3 is 2. The Labute approximate surface area is 196 Å². The number of carbonyl (C=O) groups is 3. The molecule has 9 nitrogen and oxygen atoms in total. The van der Waals surface area contributed by atoms with Gasteiger partial charge in [0.15, 0.2) is 0 Å². The maximum absolute atomic E-state index is 12.6. The van der Waals surface area contributed by atoms with Crippen molar-refractivity contribution in [2.45, 2.75) is 13.0 Å². The lowest BCUT2D eigenvalue weighted by molar-refractivity contribution is -0.138. The minimum absolute atomic E-state index is 0.0606. The summed E-state index contributed by atoms with van der Waals surface area (Å²) in [5.41, 5.74) is 1.36. The fourth-order valence-electron chi connectivity index (χ4n) is 3.26. The monoisotopic (exact) mass is 473 g/mol. The molecule has 176 valence electrons. The molecule has 2 aromatic rings. The van der Waals surface area contributed by atoms with E-state index in [0.29, 0.717) is 36.7 Å². The SMILES string of the molecule is COc1ccc(OC)c(NC(=O)CSCC(=O)N2CCCN2C(=O)OCc2ccccc2)c1. The molecule has 0 radical (unpaired) electrons.